The second-order valence-electron chi connectivity index (χ2n) is 6.03. The van der Waals surface area contributed by atoms with Crippen molar-refractivity contribution in [2.24, 2.45) is 5.92 Å². The number of nitrogens with one attached hydrogen (secondary N) is 1. The number of hydrogen-bond donors (Lipinski definition) is 1. The molecule has 8 nitrogen and oxygen atoms in total. The van der Waals surface area contributed by atoms with Gasteiger partial charge in [0.2, 0.25) is 5.91 Å². The van der Waals surface area contributed by atoms with Crippen LogP contribution in [0.3, 0.4) is 0 Å². The average Bonchev–Trinajstić information content (AvgIpc) is 3.23. The molecule has 2 heterocycles. The van der Waals surface area contributed by atoms with Crippen molar-refractivity contribution in [2.45, 2.75) is 38.9 Å². The zero-order chi connectivity index (χ0) is 18.9. The molecule has 0 aromatic carbocycles. The lowest BCUT2D eigenvalue weighted by atomic mass is 10.2. The van der Waals surface area contributed by atoms with Gasteiger partial charge in [-0.3, -0.25) is 14.2 Å². The van der Waals surface area contributed by atoms with E-state index in [0.717, 1.165) is 0 Å². The van der Waals surface area contributed by atoms with Crippen molar-refractivity contribution in [1.29, 1.82) is 0 Å². The lowest BCUT2D eigenvalue weighted by molar-refractivity contribution is -0.142. The minimum absolute atomic E-state index is 0.0155. The second kappa shape index (κ2) is 10.0. The summed E-state index contributed by atoms with van der Waals surface area (Å²) in [5.74, 6) is 1.37. The lowest BCUT2D eigenvalue weighted by Crippen LogP contribution is -2.28. The van der Waals surface area contributed by atoms with E-state index in [-0.39, 0.29) is 24.1 Å². The highest BCUT2D eigenvalue weighted by Gasteiger charge is 2.18. The molecule has 0 aliphatic heterocycles. The number of esters is 1. The van der Waals surface area contributed by atoms with Crippen LogP contribution in [0.2, 0.25) is 0 Å². The van der Waals surface area contributed by atoms with Crippen LogP contribution in [-0.4, -0.2) is 45.5 Å². The Labute approximate surface area is 156 Å². The van der Waals surface area contributed by atoms with Crippen LogP contribution in [0, 0.1) is 5.92 Å². The molecule has 0 bridgehead atoms. The van der Waals surface area contributed by atoms with Gasteiger partial charge in [0.25, 0.3) is 0 Å². The van der Waals surface area contributed by atoms with Crippen LogP contribution in [-0.2, 0) is 27.3 Å². The van der Waals surface area contributed by atoms with Crippen LogP contribution in [0.25, 0.3) is 0 Å². The predicted octanol–water partition coefficient (Wildman–Crippen LogP) is 1.89. The van der Waals surface area contributed by atoms with E-state index >= 15 is 0 Å². The highest BCUT2D eigenvalue weighted by Crippen LogP contribution is 2.19. The van der Waals surface area contributed by atoms with Crippen LogP contribution in [0.1, 0.15) is 32.4 Å². The number of ether oxygens (including phenoxy) is 1. The molecular formula is C17H24N4O4S. The van der Waals surface area contributed by atoms with Gasteiger partial charge in [0.05, 0.1) is 25.2 Å². The van der Waals surface area contributed by atoms with Gasteiger partial charge in [-0.05, 0) is 25.0 Å². The van der Waals surface area contributed by atoms with Crippen LogP contribution in [0.4, 0.5) is 0 Å². The Bertz CT molecular complexity index is 712. The number of carbonyl (C=O) groups excluding carboxylic acids is 2. The number of nitrogens with zero attached hydrogens (tertiary/aromatic N) is 3. The van der Waals surface area contributed by atoms with E-state index < -0.39 is 0 Å². The van der Waals surface area contributed by atoms with Crippen molar-refractivity contribution in [3.8, 4) is 0 Å². The van der Waals surface area contributed by atoms with Gasteiger partial charge < -0.3 is 14.5 Å². The monoisotopic (exact) mass is 380 g/mol. The molecule has 2 aromatic rings. The first-order valence-electron chi connectivity index (χ1n) is 8.49. The maximum absolute atomic E-state index is 11.9. The molecule has 26 heavy (non-hydrogen) atoms. The summed E-state index contributed by atoms with van der Waals surface area (Å²) < 4.78 is 12.1. The predicted molar refractivity (Wildman–Crippen MR) is 96.7 cm³/mol. The summed E-state index contributed by atoms with van der Waals surface area (Å²) in [5, 5.41) is 11.6. The van der Waals surface area contributed by atoms with Crippen LogP contribution < -0.4 is 5.32 Å². The minimum atomic E-state index is -0.369. The molecule has 142 valence electrons. The van der Waals surface area contributed by atoms with Crippen molar-refractivity contribution in [2.75, 3.05) is 18.9 Å². The van der Waals surface area contributed by atoms with Crippen molar-refractivity contribution in [3.05, 3.63) is 30.0 Å². The molecular weight excluding hydrogens is 356 g/mol. The summed E-state index contributed by atoms with van der Waals surface area (Å²) in [5.41, 5.74) is 0. The third kappa shape index (κ3) is 6.21. The third-order valence-electron chi connectivity index (χ3n) is 3.34. The van der Waals surface area contributed by atoms with Gasteiger partial charge in [-0.25, -0.2) is 0 Å². The first kappa shape index (κ1) is 20.0. The number of carbonyl (C=O) groups is 2. The maximum atomic E-state index is 11.9. The van der Waals surface area contributed by atoms with Crippen molar-refractivity contribution < 1.29 is 18.7 Å². The van der Waals surface area contributed by atoms with Gasteiger partial charge in [-0.1, -0.05) is 25.6 Å². The van der Waals surface area contributed by atoms with Gasteiger partial charge >= 0.3 is 5.97 Å². The van der Waals surface area contributed by atoms with Gasteiger partial charge in [0.1, 0.15) is 18.0 Å². The molecule has 0 fully saturated rings. The van der Waals surface area contributed by atoms with Crippen LogP contribution in [0.15, 0.2) is 28.0 Å². The standard InChI is InChI=1S/C17H24N4O4S/c1-4-24-16(23)8-14-19-20-17(21(14)10-13-6-5-7-25-13)26-11-15(22)18-9-12(2)3/h5-7,12H,4,8-11H2,1-3H3,(H,18,22). The Morgan fingerprint density at radius 3 is 2.85 bits per heavy atom. The van der Waals surface area contributed by atoms with E-state index in [1.165, 1.54) is 11.8 Å². The SMILES string of the molecule is CCOC(=O)Cc1nnc(SCC(=O)NCC(C)C)n1Cc1ccco1. The highest BCUT2D eigenvalue weighted by molar-refractivity contribution is 7.99. The summed E-state index contributed by atoms with van der Waals surface area (Å²) in [4.78, 5) is 23.7. The highest BCUT2D eigenvalue weighted by atomic mass is 32.2. The van der Waals surface area contributed by atoms with Crippen molar-refractivity contribution >= 4 is 23.6 Å². The Morgan fingerprint density at radius 1 is 1.38 bits per heavy atom. The van der Waals surface area contributed by atoms with Gasteiger partial charge in [-0.2, -0.15) is 0 Å². The zero-order valence-corrected chi connectivity index (χ0v) is 16.0. The second-order valence-corrected chi connectivity index (χ2v) is 6.98. The molecule has 2 rings (SSSR count). The lowest BCUT2D eigenvalue weighted by Gasteiger charge is -2.09. The molecule has 0 unspecified atom stereocenters. The summed E-state index contributed by atoms with van der Waals surface area (Å²) in [7, 11) is 0. The van der Waals surface area contributed by atoms with Crippen LogP contribution in [0.5, 0.6) is 0 Å². The Hall–Kier alpha value is -2.29. The molecule has 0 saturated carbocycles. The molecule has 0 radical (unpaired) electrons. The first-order chi connectivity index (χ1) is 12.5. The summed E-state index contributed by atoms with van der Waals surface area (Å²) in [6.45, 7) is 7.15. The number of rotatable bonds is 10. The van der Waals surface area contributed by atoms with E-state index in [2.05, 4.69) is 15.5 Å². The molecule has 0 aliphatic rings. The number of amides is 1. The topological polar surface area (TPSA) is 99.3 Å². The normalized spacial score (nSPS) is 10.9. The fourth-order valence-electron chi connectivity index (χ4n) is 2.11. The molecule has 0 saturated heterocycles. The third-order valence-corrected chi connectivity index (χ3v) is 4.30. The quantitative estimate of drug-likeness (QED) is 0.496. The smallest absolute Gasteiger partial charge is 0.313 e. The first-order valence-corrected chi connectivity index (χ1v) is 9.47. The Kier molecular flexibility index (Phi) is 7.71. The van der Waals surface area contributed by atoms with Gasteiger partial charge in [0.15, 0.2) is 5.16 Å². The number of hydrogen-bond acceptors (Lipinski definition) is 7. The molecule has 2 aromatic heterocycles. The number of thioether (sulfide) groups is 1. The zero-order valence-electron chi connectivity index (χ0n) is 15.2. The molecule has 0 aliphatic carbocycles. The largest absolute Gasteiger partial charge is 0.467 e. The molecule has 1 amide bonds. The van der Waals surface area contributed by atoms with E-state index in [9.17, 15) is 9.59 Å². The minimum Gasteiger partial charge on any atom is -0.467 e. The van der Waals surface area contributed by atoms with Crippen LogP contribution >= 0.6 is 11.8 Å². The number of aromatic nitrogens is 3. The van der Waals surface area contributed by atoms with E-state index in [0.29, 0.717) is 42.4 Å². The van der Waals surface area contributed by atoms with Crippen molar-refractivity contribution in [3.63, 3.8) is 0 Å². The molecule has 1 N–H and O–H groups in total. The Balaban J connectivity index is 2.07. The summed E-state index contributed by atoms with van der Waals surface area (Å²) in [6, 6.07) is 3.62. The van der Waals surface area contributed by atoms with Gasteiger partial charge in [0, 0.05) is 6.54 Å². The molecule has 0 spiro atoms. The van der Waals surface area contributed by atoms with E-state index in [4.69, 9.17) is 9.15 Å². The Morgan fingerprint density at radius 2 is 2.19 bits per heavy atom. The molecule has 9 heteroatoms. The van der Waals surface area contributed by atoms with E-state index in [1.807, 2.05) is 19.9 Å². The van der Waals surface area contributed by atoms with Gasteiger partial charge in [-0.15, -0.1) is 10.2 Å². The summed E-state index contributed by atoms with van der Waals surface area (Å²) >= 11 is 1.27. The maximum Gasteiger partial charge on any atom is 0.313 e. The van der Waals surface area contributed by atoms with Crippen molar-refractivity contribution in [1.82, 2.24) is 20.1 Å². The fraction of sp³-hybridized carbons (Fsp3) is 0.529. The fourth-order valence-corrected chi connectivity index (χ4v) is 2.90. The summed E-state index contributed by atoms with van der Waals surface area (Å²) in [6.07, 6.45) is 1.60. The molecule has 0 atom stereocenters. The number of furan rings is 1. The van der Waals surface area contributed by atoms with E-state index in [1.54, 1.807) is 23.8 Å². The average molecular weight is 380 g/mol.